The molecule has 0 bridgehead atoms. The van der Waals surface area contributed by atoms with Crippen LogP contribution in [-0.2, 0) is 46.2 Å². The topological polar surface area (TPSA) is 260 Å². The van der Waals surface area contributed by atoms with Gasteiger partial charge < -0.3 is 59.1 Å². The van der Waals surface area contributed by atoms with Crippen LogP contribution in [0.3, 0.4) is 0 Å². The van der Waals surface area contributed by atoms with E-state index in [1.165, 1.54) is 61.5 Å². The number of hydrogen-bond acceptors (Lipinski definition) is 16. The van der Waals surface area contributed by atoms with E-state index < -0.39 is 81.9 Å². The Kier molecular flexibility index (Phi) is 12.2. The Labute approximate surface area is 317 Å². The zero-order valence-corrected chi connectivity index (χ0v) is 29.8. The first kappa shape index (κ1) is 39.8. The number of ether oxygens (including phenoxy) is 4. The van der Waals surface area contributed by atoms with Crippen molar-refractivity contribution >= 4 is 40.9 Å². The normalized spacial score (nSPS) is 12.2. The second-order valence-corrected chi connectivity index (χ2v) is 12.1. The average Bonchev–Trinajstić information content (AvgIpc) is 3.57. The molecule has 56 heavy (non-hydrogen) atoms. The van der Waals surface area contributed by atoms with Crippen LogP contribution in [0.25, 0.3) is 28.4 Å². The Bertz CT molecular complexity index is 2320. The first-order valence-electron chi connectivity index (χ1n) is 17.0. The van der Waals surface area contributed by atoms with Crippen LogP contribution < -0.4 is 0 Å². The number of furan rings is 1. The molecule has 0 amide bonds. The summed E-state index contributed by atoms with van der Waals surface area (Å²) in [6.07, 6.45) is -1.57. The Morgan fingerprint density at radius 1 is 0.625 bits per heavy atom. The fraction of sp³-hybridized carbons (Fsp3) is 0.200. The van der Waals surface area contributed by atoms with Gasteiger partial charge in [0, 0.05) is 29.9 Å². The molecule has 5 aromatic rings. The van der Waals surface area contributed by atoms with E-state index in [2.05, 4.69) is 0 Å². The molecule has 292 valence electrons. The molecule has 4 aromatic carbocycles. The molecule has 1 heterocycles. The molecule has 0 saturated heterocycles. The van der Waals surface area contributed by atoms with Crippen molar-refractivity contribution in [3.8, 4) is 51.6 Å². The van der Waals surface area contributed by atoms with Crippen LogP contribution in [0.2, 0.25) is 0 Å². The molecule has 0 aliphatic rings. The minimum absolute atomic E-state index is 0.0193. The van der Waals surface area contributed by atoms with Crippen molar-refractivity contribution in [3.05, 3.63) is 95.1 Å². The Morgan fingerprint density at radius 3 is 1.64 bits per heavy atom. The zero-order chi connectivity index (χ0) is 40.7. The highest BCUT2D eigenvalue weighted by atomic mass is 16.6. The number of hydrogen-bond donors (Lipinski definition) is 7. The maximum Gasteiger partial charge on any atom is 0.347 e. The largest absolute Gasteiger partial charge is 0.504 e. The van der Waals surface area contributed by atoms with E-state index in [1.54, 1.807) is 6.92 Å². The van der Waals surface area contributed by atoms with Gasteiger partial charge in [0.1, 0.15) is 11.3 Å². The molecular formula is C40H36O16. The maximum atomic E-state index is 14.2. The molecular weight excluding hydrogens is 736 g/mol. The molecule has 1 aromatic heterocycles. The van der Waals surface area contributed by atoms with Crippen molar-refractivity contribution in [1.29, 1.82) is 0 Å². The minimum atomic E-state index is -1.63. The van der Waals surface area contributed by atoms with Crippen molar-refractivity contribution in [2.75, 3.05) is 13.2 Å². The Morgan fingerprint density at radius 2 is 1.12 bits per heavy atom. The van der Waals surface area contributed by atoms with Gasteiger partial charge in [0.2, 0.25) is 12.2 Å². The van der Waals surface area contributed by atoms with Crippen LogP contribution in [-0.4, -0.2) is 85.0 Å². The third kappa shape index (κ3) is 9.04. The van der Waals surface area contributed by atoms with Crippen LogP contribution in [0.1, 0.15) is 40.9 Å². The fourth-order valence-corrected chi connectivity index (χ4v) is 5.58. The van der Waals surface area contributed by atoms with Crippen LogP contribution in [0.15, 0.2) is 77.2 Å². The highest BCUT2D eigenvalue weighted by molar-refractivity contribution is 6.13. The second kappa shape index (κ2) is 17.2. The third-order valence-corrected chi connectivity index (χ3v) is 8.22. The summed E-state index contributed by atoms with van der Waals surface area (Å²) < 4.78 is 27.2. The van der Waals surface area contributed by atoms with Gasteiger partial charge in [-0.15, -0.1) is 0 Å². The van der Waals surface area contributed by atoms with E-state index in [9.17, 15) is 54.9 Å². The summed E-state index contributed by atoms with van der Waals surface area (Å²) in [5, 5.41) is 70.3. The van der Waals surface area contributed by atoms with E-state index in [4.69, 9.17) is 23.4 Å². The van der Waals surface area contributed by atoms with Gasteiger partial charge in [0.15, 0.2) is 45.8 Å². The average molecular weight is 773 g/mol. The predicted molar refractivity (Wildman–Crippen MR) is 195 cm³/mol. The molecule has 0 aliphatic carbocycles. The molecule has 0 fully saturated rings. The van der Waals surface area contributed by atoms with Gasteiger partial charge in [0.05, 0.1) is 13.2 Å². The minimum Gasteiger partial charge on any atom is -0.504 e. The first-order valence-corrected chi connectivity index (χ1v) is 17.0. The number of aromatic hydroxyl groups is 7. The van der Waals surface area contributed by atoms with E-state index in [1.807, 2.05) is 0 Å². The summed E-state index contributed by atoms with van der Waals surface area (Å²) in [6, 6.07) is 13.5. The molecule has 0 aliphatic heterocycles. The van der Waals surface area contributed by atoms with Gasteiger partial charge in [-0.1, -0.05) is 18.2 Å². The van der Waals surface area contributed by atoms with Gasteiger partial charge in [-0.25, -0.2) is 19.2 Å². The van der Waals surface area contributed by atoms with Crippen LogP contribution >= 0.6 is 0 Å². The van der Waals surface area contributed by atoms with Gasteiger partial charge in [-0.2, -0.15) is 0 Å². The monoisotopic (exact) mass is 772 g/mol. The lowest BCUT2D eigenvalue weighted by molar-refractivity contribution is -0.164. The summed E-state index contributed by atoms with van der Waals surface area (Å²) in [5.74, 6) is -7.74. The van der Waals surface area contributed by atoms with E-state index >= 15 is 0 Å². The standard InChI is InChI=1S/C40H36O16/c1-3-52-38(49)31(17-20-5-10-24(41)28(45)15-20)54-33(48)14-9-22-7-13-27(44)37-34(22)35(36(56-37)23-8-12-26(43)30(47)19-23)40(51)55-32(39(50)53-4-2)18-21-6-11-25(42)29(46)16-21/h5-16,19,31-32,41-47H,3-4,17-18H2,1-2H3/b14-9+. The zero-order valence-electron chi connectivity index (χ0n) is 29.8. The summed E-state index contributed by atoms with van der Waals surface area (Å²) in [5.41, 5.74) is -0.00275. The predicted octanol–water partition coefficient (Wildman–Crippen LogP) is 5.10. The second-order valence-electron chi connectivity index (χ2n) is 12.1. The van der Waals surface area contributed by atoms with Crippen molar-refractivity contribution in [3.63, 3.8) is 0 Å². The molecule has 16 heteroatoms. The van der Waals surface area contributed by atoms with Crippen molar-refractivity contribution in [2.24, 2.45) is 0 Å². The third-order valence-electron chi connectivity index (χ3n) is 8.22. The van der Waals surface area contributed by atoms with Crippen molar-refractivity contribution in [2.45, 2.75) is 38.9 Å². The van der Waals surface area contributed by atoms with Crippen molar-refractivity contribution < 1.29 is 78.3 Å². The molecule has 0 spiro atoms. The van der Waals surface area contributed by atoms with Gasteiger partial charge in [-0.3, -0.25) is 0 Å². The summed E-state index contributed by atoms with van der Waals surface area (Å²) >= 11 is 0. The summed E-state index contributed by atoms with van der Waals surface area (Å²) in [7, 11) is 0. The first-order chi connectivity index (χ1) is 26.7. The summed E-state index contributed by atoms with van der Waals surface area (Å²) in [6.45, 7) is 2.95. The molecule has 5 rings (SSSR count). The van der Waals surface area contributed by atoms with Gasteiger partial charge >= 0.3 is 23.9 Å². The number of carbonyl (C=O) groups excluding carboxylic acids is 4. The molecule has 2 unspecified atom stereocenters. The molecule has 7 N–H and O–H groups in total. The van der Waals surface area contributed by atoms with Crippen molar-refractivity contribution in [1.82, 2.24) is 0 Å². The number of fused-ring (bicyclic) bond motifs is 1. The lowest BCUT2D eigenvalue weighted by Crippen LogP contribution is -2.31. The lowest BCUT2D eigenvalue weighted by atomic mass is 10.0. The number of esters is 4. The number of phenolic OH excluding ortho intramolecular Hbond substituents is 7. The van der Waals surface area contributed by atoms with E-state index in [-0.39, 0.29) is 59.5 Å². The lowest BCUT2D eigenvalue weighted by Gasteiger charge is -2.17. The maximum absolute atomic E-state index is 14.2. The highest BCUT2D eigenvalue weighted by Crippen LogP contribution is 2.42. The number of rotatable bonds is 14. The Hall–Kier alpha value is -7.36. The smallest absolute Gasteiger partial charge is 0.347 e. The van der Waals surface area contributed by atoms with Gasteiger partial charge in [-0.05, 0) is 85.1 Å². The fourth-order valence-electron chi connectivity index (χ4n) is 5.58. The SMILES string of the molecule is CCOC(=O)C(Cc1ccc(O)c(O)c1)OC(=O)/C=C/c1ccc(O)c2oc(-c3ccc(O)c(O)c3)c(C(=O)OC(Cc3ccc(O)c(O)c3)C(=O)OCC)c12. The van der Waals surface area contributed by atoms with Crippen LogP contribution in [0.5, 0.6) is 40.2 Å². The Balaban J connectivity index is 1.56. The summed E-state index contributed by atoms with van der Waals surface area (Å²) in [4.78, 5) is 53.2. The van der Waals surface area contributed by atoms with Gasteiger partial charge in [0.25, 0.3) is 0 Å². The van der Waals surface area contributed by atoms with E-state index in [0.29, 0.717) is 5.56 Å². The van der Waals surface area contributed by atoms with E-state index in [0.717, 1.165) is 24.3 Å². The molecule has 2 atom stereocenters. The molecule has 0 saturated carbocycles. The highest BCUT2D eigenvalue weighted by Gasteiger charge is 2.32. The molecule has 16 nitrogen and oxygen atoms in total. The quantitative estimate of drug-likeness (QED) is 0.0335. The molecule has 0 radical (unpaired) electrons. The number of carbonyl (C=O) groups is 4. The van der Waals surface area contributed by atoms with Crippen LogP contribution in [0.4, 0.5) is 0 Å². The van der Waals surface area contributed by atoms with Crippen LogP contribution in [0, 0.1) is 0 Å². The number of benzene rings is 4. The number of phenols is 7.